The molecule has 1 atom stereocenters. The average molecular weight is 330 g/mol. The van der Waals surface area contributed by atoms with Crippen molar-refractivity contribution in [1.29, 1.82) is 0 Å². The lowest BCUT2D eigenvalue weighted by molar-refractivity contribution is -0.136. The molecule has 1 unspecified atom stereocenters. The first-order valence-corrected chi connectivity index (χ1v) is 8.30. The van der Waals surface area contributed by atoms with Crippen LogP contribution in [0.25, 0.3) is 0 Å². The van der Waals surface area contributed by atoms with E-state index in [1.807, 2.05) is 43.1 Å². The summed E-state index contributed by atoms with van der Waals surface area (Å²) in [5.74, 6) is -0.100. The van der Waals surface area contributed by atoms with E-state index in [4.69, 9.17) is 0 Å². The van der Waals surface area contributed by atoms with Crippen molar-refractivity contribution in [3.8, 4) is 0 Å². The zero-order valence-electron chi connectivity index (χ0n) is 14.2. The second kappa shape index (κ2) is 7.13. The van der Waals surface area contributed by atoms with E-state index in [1.54, 1.807) is 4.68 Å². The van der Waals surface area contributed by atoms with E-state index < -0.39 is 0 Å². The van der Waals surface area contributed by atoms with Crippen molar-refractivity contribution in [3.05, 3.63) is 53.6 Å². The molecule has 0 aliphatic carbocycles. The second-order valence-corrected chi connectivity index (χ2v) is 6.34. The van der Waals surface area contributed by atoms with Crippen LogP contribution in [0.1, 0.15) is 24.2 Å². The van der Waals surface area contributed by atoms with Crippen molar-refractivity contribution in [2.24, 2.45) is 0 Å². The molecule has 1 aromatic carbocycles. The molecule has 1 amide bonds. The number of aromatic nitrogens is 2. The van der Waals surface area contributed by atoms with Crippen LogP contribution in [0.3, 0.4) is 0 Å². The Morgan fingerprint density at radius 1 is 1.17 bits per heavy atom. The minimum absolute atomic E-state index is 0.111. The predicted octanol–water partition coefficient (Wildman–Crippen LogP) is 2.24. The van der Waals surface area contributed by atoms with Crippen molar-refractivity contribution >= 4 is 5.91 Å². The topological polar surface area (TPSA) is 41.4 Å². The Bertz CT molecular complexity index is 689. The van der Waals surface area contributed by atoms with Gasteiger partial charge >= 0.3 is 0 Å². The van der Waals surface area contributed by atoms with E-state index in [0.717, 1.165) is 30.9 Å². The van der Waals surface area contributed by atoms with E-state index in [9.17, 15) is 9.18 Å². The third-order valence-electron chi connectivity index (χ3n) is 4.50. The molecule has 2 aromatic rings. The highest BCUT2D eigenvalue weighted by Crippen LogP contribution is 2.14. The van der Waals surface area contributed by atoms with Gasteiger partial charge in [-0.25, -0.2) is 4.39 Å². The van der Waals surface area contributed by atoms with E-state index in [0.29, 0.717) is 13.1 Å². The fourth-order valence-electron chi connectivity index (χ4n) is 3.00. The highest BCUT2D eigenvalue weighted by Gasteiger charge is 2.26. The van der Waals surface area contributed by atoms with Gasteiger partial charge in [0.05, 0.1) is 5.69 Å². The number of carbonyl (C=O) groups excluding carboxylic acids is 1. The number of aryl methyl sites for hydroxylation is 1. The maximum absolute atomic E-state index is 13.0. The molecule has 0 saturated carbocycles. The van der Waals surface area contributed by atoms with Crippen LogP contribution in [0.4, 0.5) is 4.39 Å². The number of carbonyl (C=O) groups is 1. The molecule has 0 spiro atoms. The zero-order valence-corrected chi connectivity index (χ0v) is 14.2. The molecule has 0 radical (unpaired) electrons. The molecule has 5 nitrogen and oxygen atoms in total. The molecule has 6 heteroatoms. The minimum Gasteiger partial charge on any atom is -0.338 e. The van der Waals surface area contributed by atoms with E-state index in [1.165, 1.54) is 12.1 Å². The number of nitrogens with zero attached hydrogens (tertiary/aromatic N) is 4. The number of halogens is 1. The van der Waals surface area contributed by atoms with Crippen LogP contribution in [0.2, 0.25) is 0 Å². The number of piperazine rings is 1. The van der Waals surface area contributed by atoms with Crippen molar-refractivity contribution in [2.75, 3.05) is 26.2 Å². The molecule has 3 rings (SSSR count). The number of hydrogen-bond donors (Lipinski definition) is 0. The van der Waals surface area contributed by atoms with Crippen molar-refractivity contribution in [3.63, 3.8) is 0 Å². The lowest BCUT2D eigenvalue weighted by Crippen LogP contribution is -2.49. The van der Waals surface area contributed by atoms with Gasteiger partial charge < -0.3 is 4.90 Å². The smallest absolute Gasteiger partial charge is 0.247 e. The molecule has 0 N–H and O–H groups in total. The summed E-state index contributed by atoms with van der Waals surface area (Å²) < 4.78 is 14.7. The maximum Gasteiger partial charge on any atom is 0.247 e. The van der Waals surface area contributed by atoms with Crippen LogP contribution in [-0.4, -0.2) is 51.7 Å². The third-order valence-corrected chi connectivity index (χ3v) is 4.50. The summed E-state index contributed by atoms with van der Waals surface area (Å²) >= 11 is 0. The highest BCUT2D eigenvalue weighted by atomic mass is 19.1. The Balaban J connectivity index is 1.52. The Morgan fingerprint density at radius 2 is 1.83 bits per heavy atom. The molecule has 24 heavy (non-hydrogen) atoms. The monoisotopic (exact) mass is 330 g/mol. The van der Waals surface area contributed by atoms with Crippen LogP contribution in [-0.2, 0) is 11.3 Å². The molecular formula is C18H23FN4O. The molecule has 1 saturated heterocycles. The van der Waals surface area contributed by atoms with Gasteiger partial charge in [0.2, 0.25) is 5.91 Å². The third kappa shape index (κ3) is 3.82. The average Bonchev–Trinajstić information content (AvgIpc) is 3.03. The van der Waals surface area contributed by atoms with Crippen molar-refractivity contribution in [1.82, 2.24) is 19.6 Å². The Labute approximate surface area is 141 Å². The second-order valence-electron chi connectivity index (χ2n) is 6.34. The molecule has 0 bridgehead atoms. The molecule has 1 aromatic heterocycles. The van der Waals surface area contributed by atoms with E-state index in [2.05, 4.69) is 10.00 Å². The summed E-state index contributed by atoms with van der Waals surface area (Å²) in [4.78, 5) is 16.8. The first-order chi connectivity index (χ1) is 11.5. The summed E-state index contributed by atoms with van der Waals surface area (Å²) in [5.41, 5.74) is 2.01. The Morgan fingerprint density at radius 3 is 2.42 bits per heavy atom. The molecular weight excluding hydrogens is 307 g/mol. The maximum atomic E-state index is 13.0. The molecule has 1 fully saturated rings. The lowest BCUT2D eigenvalue weighted by atomic mass is 10.2. The van der Waals surface area contributed by atoms with Gasteiger partial charge in [0, 0.05) is 38.9 Å². The summed E-state index contributed by atoms with van der Waals surface area (Å²) in [6.07, 6.45) is 1.85. The van der Waals surface area contributed by atoms with Gasteiger partial charge in [0.15, 0.2) is 0 Å². The summed E-state index contributed by atoms with van der Waals surface area (Å²) in [5, 5.41) is 4.33. The van der Waals surface area contributed by atoms with Gasteiger partial charge in [-0.2, -0.15) is 5.10 Å². The lowest BCUT2D eigenvalue weighted by Gasteiger charge is -2.36. The predicted molar refractivity (Wildman–Crippen MR) is 89.9 cm³/mol. The SMILES string of the molecule is Cc1ccn(C(C)C(=O)N2CCN(Cc3ccc(F)cc3)CC2)n1. The number of rotatable bonds is 4. The van der Waals surface area contributed by atoms with Crippen LogP contribution >= 0.6 is 0 Å². The minimum atomic E-state index is -0.276. The largest absolute Gasteiger partial charge is 0.338 e. The standard InChI is InChI=1S/C18H23FN4O/c1-14-7-8-23(20-14)15(2)18(24)22-11-9-21(10-12-22)13-16-3-5-17(19)6-4-16/h3-8,15H,9-13H2,1-2H3. The molecule has 2 heterocycles. The number of amides is 1. The van der Waals surface area contributed by atoms with Crippen molar-refractivity contribution in [2.45, 2.75) is 26.4 Å². The van der Waals surface area contributed by atoms with Gasteiger partial charge in [0.25, 0.3) is 0 Å². The van der Waals surface area contributed by atoms with Gasteiger partial charge in [-0.3, -0.25) is 14.4 Å². The first-order valence-electron chi connectivity index (χ1n) is 8.30. The fourth-order valence-corrected chi connectivity index (χ4v) is 3.00. The molecule has 128 valence electrons. The first kappa shape index (κ1) is 16.6. The Kier molecular flexibility index (Phi) is 4.94. The Hall–Kier alpha value is -2.21. The summed E-state index contributed by atoms with van der Waals surface area (Å²) in [6.45, 7) is 7.68. The van der Waals surface area contributed by atoms with Crippen LogP contribution < -0.4 is 0 Å². The highest BCUT2D eigenvalue weighted by molar-refractivity contribution is 5.80. The normalized spacial score (nSPS) is 17.0. The van der Waals surface area contributed by atoms with Gasteiger partial charge in [-0.1, -0.05) is 12.1 Å². The summed E-state index contributed by atoms with van der Waals surface area (Å²) in [7, 11) is 0. The number of benzene rings is 1. The summed E-state index contributed by atoms with van der Waals surface area (Å²) in [6, 6.07) is 8.24. The van der Waals surface area contributed by atoms with Crippen LogP contribution in [0, 0.1) is 12.7 Å². The zero-order chi connectivity index (χ0) is 17.1. The van der Waals surface area contributed by atoms with Gasteiger partial charge in [-0.05, 0) is 37.6 Å². The van der Waals surface area contributed by atoms with Gasteiger partial charge in [-0.15, -0.1) is 0 Å². The van der Waals surface area contributed by atoms with Crippen molar-refractivity contribution < 1.29 is 9.18 Å². The quantitative estimate of drug-likeness (QED) is 0.863. The van der Waals surface area contributed by atoms with Gasteiger partial charge in [0.1, 0.15) is 11.9 Å². The van der Waals surface area contributed by atoms with Crippen LogP contribution in [0.15, 0.2) is 36.5 Å². The molecule has 1 aliphatic heterocycles. The fraction of sp³-hybridized carbons (Fsp3) is 0.444. The van der Waals surface area contributed by atoms with E-state index >= 15 is 0 Å². The van der Waals surface area contributed by atoms with E-state index in [-0.39, 0.29) is 17.8 Å². The number of hydrogen-bond acceptors (Lipinski definition) is 3. The van der Waals surface area contributed by atoms with Crippen LogP contribution in [0.5, 0.6) is 0 Å². The molecule has 1 aliphatic rings.